The van der Waals surface area contributed by atoms with Crippen molar-refractivity contribution in [2.24, 2.45) is 0 Å². The summed E-state index contributed by atoms with van der Waals surface area (Å²) in [6.45, 7) is 4.79. The molecular formula is C29H39N3OS. The molecule has 1 aromatic heterocycles. The second kappa shape index (κ2) is 12.1. The third-order valence-electron chi connectivity index (χ3n) is 7.32. The third-order valence-corrected chi connectivity index (χ3v) is 8.28. The molecule has 182 valence electrons. The molecule has 3 aromatic rings. The summed E-state index contributed by atoms with van der Waals surface area (Å²) in [6.07, 6.45) is 3.42. The number of hydrogen-bond donors (Lipinski definition) is 1. The maximum absolute atomic E-state index is 6.47. The molecule has 1 atom stereocenters. The highest BCUT2D eigenvalue weighted by molar-refractivity contribution is 7.10. The Hall–Kier alpha value is -2.02. The fourth-order valence-corrected chi connectivity index (χ4v) is 5.97. The van der Waals surface area contributed by atoms with E-state index in [1.54, 1.807) is 11.3 Å². The summed E-state index contributed by atoms with van der Waals surface area (Å²) in [5.74, 6) is 0. The average molecular weight is 478 g/mol. The van der Waals surface area contributed by atoms with E-state index in [1.807, 2.05) is 7.05 Å². The molecule has 0 saturated carbocycles. The molecule has 0 spiro atoms. The molecule has 1 saturated heterocycles. The van der Waals surface area contributed by atoms with Crippen LogP contribution in [0.2, 0.25) is 0 Å². The lowest BCUT2D eigenvalue weighted by molar-refractivity contribution is 0.0345. The lowest BCUT2D eigenvalue weighted by atomic mass is 9.79. The Balaban J connectivity index is 1.40. The van der Waals surface area contributed by atoms with Gasteiger partial charge in [0.05, 0.1) is 12.7 Å². The highest BCUT2D eigenvalue weighted by atomic mass is 32.1. The maximum Gasteiger partial charge on any atom is 0.0933 e. The zero-order valence-corrected chi connectivity index (χ0v) is 21.7. The molecule has 0 bridgehead atoms. The van der Waals surface area contributed by atoms with Crippen LogP contribution in [0.4, 0.5) is 0 Å². The first-order valence-corrected chi connectivity index (χ1v) is 13.3. The van der Waals surface area contributed by atoms with E-state index in [2.05, 4.69) is 101 Å². The van der Waals surface area contributed by atoms with Crippen molar-refractivity contribution >= 4 is 11.3 Å². The van der Waals surface area contributed by atoms with E-state index in [-0.39, 0.29) is 11.6 Å². The number of thiophene rings is 1. The van der Waals surface area contributed by atoms with E-state index in [4.69, 9.17) is 4.74 Å². The fraction of sp³-hybridized carbons (Fsp3) is 0.448. The number of benzene rings is 2. The van der Waals surface area contributed by atoms with Crippen molar-refractivity contribution in [3.63, 3.8) is 0 Å². The molecule has 5 heteroatoms. The molecule has 0 radical (unpaired) electrons. The van der Waals surface area contributed by atoms with Crippen molar-refractivity contribution in [2.75, 3.05) is 40.8 Å². The van der Waals surface area contributed by atoms with Gasteiger partial charge in [-0.1, -0.05) is 60.7 Å². The second-order valence-corrected chi connectivity index (χ2v) is 10.5. The smallest absolute Gasteiger partial charge is 0.0933 e. The van der Waals surface area contributed by atoms with Crippen molar-refractivity contribution in [3.05, 3.63) is 93.7 Å². The standard InChI is InChI=1S/C29H39N3OS/c1-30-18-15-27(28-14-9-21-34-28)33-23-25-11-8-7-10-24(25)22-32-19-16-29(17-20-32,31(2)3)26-12-5-4-6-13-26/h4-14,21,27,30H,15-20,22-23H2,1-3H3. The van der Waals surface area contributed by atoms with Crippen molar-refractivity contribution in [1.82, 2.24) is 15.1 Å². The molecule has 2 heterocycles. The van der Waals surface area contributed by atoms with Crippen LogP contribution in [0.1, 0.15) is 46.9 Å². The van der Waals surface area contributed by atoms with Gasteiger partial charge in [-0.05, 0) is 75.1 Å². The minimum absolute atomic E-state index is 0.127. The van der Waals surface area contributed by atoms with Crippen LogP contribution in [0.25, 0.3) is 0 Å². The summed E-state index contributed by atoms with van der Waals surface area (Å²) < 4.78 is 6.47. The van der Waals surface area contributed by atoms with Crippen molar-refractivity contribution in [3.8, 4) is 0 Å². The molecule has 4 rings (SSSR count). The van der Waals surface area contributed by atoms with Gasteiger partial charge in [0.2, 0.25) is 0 Å². The van der Waals surface area contributed by atoms with Gasteiger partial charge in [0.25, 0.3) is 0 Å². The highest BCUT2D eigenvalue weighted by Crippen LogP contribution is 2.37. The number of hydrogen-bond acceptors (Lipinski definition) is 5. The van der Waals surface area contributed by atoms with Crippen LogP contribution in [0.3, 0.4) is 0 Å². The van der Waals surface area contributed by atoms with Gasteiger partial charge in [0.1, 0.15) is 0 Å². The Kier molecular flexibility index (Phi) is 8.92. The van der Waals surface area contributed by atoms with E-state index in [1.165, 1.54) is 21.6 Å². The van der Waals surface area contributed by atoms with Gasteiger partial charge in [-0.3, -0.25) is 9.80 Å². The summed E-state index contributed by atoms with van der Waals surface area (Å²) in [5.41, 5.74) is 4.26. The van der Waals surface area contributed by atoms with Crippen LogP contribution >= 0.6 is 11.3 Å². The normalized spacial score (nSPS) is 17.2. The van der Waals surface area contributed by atoms with E-state index >= 15 is 0 Å². The summed E-state index contributed by atoms with van der Waals surface area (Å²) in [6, 6.07) is 24.1. The Labute approximate surface area is 209 Å². The summed E-state index contributed by atoms with van der Waals surface area (Å²) in [5, 5.41) is 5.40. The molecule has 34 heavy (non-hydrogen) atoms. The number of ether oxygens (including phenoxy) is 1. The zero-order valence-electron chi connectivity index (χ0n) is 20.9. The first-order chi connectivity index (χ1) is 16.6. The van der Waals surface area contributed by atoms with Crippen molar-refractivity contribution in [1.29, 1.82) is 0 Å². The Morgan fingerprint density at radius 1 is 0.971 bits per heavy atom. The molecular weight excluding hydrogens is 438 g/mol. The average Bonchev–Trinajstić information content (AvgIpc) is 3.41. The number of rotatable bonds is 11. The minimum Gasteiger partial charge on any atom is -0.368 e. The molecule has 2 aromatic carbocycles. The van der Waals surface area contributed by atoms with Gasteiger partial charge < -0.3 is 10.1 Å². The molecule has 1 aliphatic rings. The molecule has 1 unspecified atom stereocenters. The molecule has 1 aliphatic heterocycles. The van der Waals surface area contributed by atoms with Gasteiger partial charge in [-0.2, -0.15) is 0 Å². The van der Waals surface area contributed by atoms with Gasteiger partial charge in [-0.25, -0.2) is 0 Å². The van der Waals surface area contributed by atoms with Gasteiger partial charge in [-0.15, -0.1) is 11.3 Å². The molecule has 1 fully saturated rings. The van der Waals surface area contributed by atoms with Crippen LogP contribution in [-0.4, -0.2) is 50.6 Å². The maximum atomic E-state index is 6.47. The quantitative estimate of drug-likeness (QED) is 0.385. The van der Waals surface area contributed by atoms with Crippen LogP contribution in [0.15, 0.2) is 72.1 Å². The Morgan fingerprint density at radius 3 is 2.32 bits per heavy atom. The largest absolute Gasteiger partial charge is 0.368 e. The molecule has 0 aliphatic carbocycles. The fourth-order valence-electron chi connectivity index (χ4n) is 5.17. The number of nitrogens with one attached hydrogen (secondary N) is 1. The summed E-state index contributed by atoms with van der Waals surface area (Å²) in [4.78, 5) is 6.35. The van der Waals surface area contributed by atoms with Gasteiger partial charge >= 0.3 is 0 Å². The molecule has 1 N–H and O–H groups in total. The third kappa shape index (κ3) is 5.96. The molecule has 0 amide bonds. The first-order valence-electron chi connectivity index (χ1n) is 12.4. The van der Waals surface area contributed by atoms with Gasteiger partial charge in [0.15, 0.2) is 0 Å². The predicted octanol–water partition coefficient (Wildman–Crippen LogP) is 5.67. The summed E-state index contributed by atoms with van der Waals surface area (Å²) >= 11 is 1.78. The first kappa shape index (κ1) is 25.1. The highest BCUT2D eigenvalue weighted by Gasteiger charge is 2.38. The van der Waals surface area contributed by atoms with E-state index in [0.29, 0.717) is 6.61 Å². The predicted molar refractivity (Wildman–Crippen MR) is 143 cm³/mol. The van der Waals surface area contributed by atoms with Gasteiger partial charge in [0, 0.05) is 30.1 Å². The SMILES string of the molecule is CNCCC(OCc1ccccc1CN1CCC(c2ccccc2)(N(C)C)CC1)c1cccs1. The van der Waals surface area contributed by atoms with Crippen LogP contribution in [0, 0.1) is 0 Å². The van der Waals surface area contributed by atoms with E-state index in [9.17, 15) is 0 Å². The topological polar surface area (TPSA) is 27.7 Å². The second-order valence-electron chi connectivity index (χ2n) is 9.54. The van der Waals surface area contributed by atoms with Crippen molar-refractivity contribution in [2.45, 2.75) is 44.1 Å². The monoisotopic (exact) mass is 477 g/mol. The lowest BCUT2D eigenvalue weighted by Crippen LogP contribution is -2.50. The number of nitrogens with zero attached hydrogens (tertiary/aromatic N) is 2. The molecule has 4 nitrogen and oxygen atoms in total. The van der Waals surface area contributed by atoms with Crippen LogP contribution in [-0.2, 0) is 23.4 Å². The summed E-state index contributed by atoms with van der Waals surface area (Å²) in [7, 11) is 6.46. The Morgan fingerprint density at radius 2 is 1.68 bits per heavy atom. The van der Waals surface area contributed by atoms with Crippen molar-refractivity contribution < 1.29 is 4.74 Å². The van der Waals surface area contributed by atoms with E-state index < -0.39 is 0 Å². The van der Waals surface area contributed by atoms with Crippen LogP contribution < -0.4 is 5.32 Å². The number of likely N-dealkylation sites (tertiary alicyclic amines) is 1. The number of piperidine rings is 1. The Bertz CT molecular complexity index is 982. The minimum atomic E-state index is 0.127. The zero-order chi connectivity index (χ0) is 23.8. The van der Waals surface area contributed by atoms with Crippen LogP contribution in [0.5, 0.6) is 0 Å². The lowest BCUT2D eigenvalue weighted by Gasteiger charge is -2.46. The van der Waals surface area contributed by atoms with E-state index in [0.717, 1.165) is 45.4 Å².